The minimum atomic E-state index is 0.771. The Balaban J connectivity index is 2.11. The summed E-state index contributed by atoms with van der Waals surface area (Å²) in [4.78, 5) is 2.36. The first-order valence-corrected chi connectivity index (χ1v) is 11.3. The number of halogens is 1. The third-order valence-electron chi connectivity index (χ3n) is 5.71. The highest BCUT2D eigenvalue weighted by molar-refractivity contribution is 6.32. The Morgan fingerprint density at radius 2 is 1.40 bits per heavy atom. The maximum Gasteiger partial charge on any atom is 0.199 e. The highest BCUT2D eigenvalue weighted by Crippen LogP contribution is 2.34. The normalized spacial score (nSPS) is 13.0. The minimum absolute atomic E-state index is 0.771. The van der Waals surface area contributed by atoms with Crippen LogP contribution in [0.2, 0.25) is 5.02 Å². The van der Waals surface area contributed by atoms with Crippen LogP contribution in [0.15, 0.2) is 78.4 Å². The first kappa shape index (κ1) is 22.1. The zero-order valence-electron chi connectivity index (χ0n) is 18.5. The average molecular weight is 420 g/mol. The van der Waals surface area contributed by atoms with Crippen LogP contribution in [0.1, 0.15) is 38.8 Å². The molecular formula is C27H32ClN2+. The summed E-state index contributed by atoms with van der Waals surface area (Å²) in [7, 11) is 0. The van der Waals surface area contributed by atoms with E-state index in [9.17, 15) is 0 Å². The molecule has 156 valence electrons. The third kappa shape index (κ3) is 4.76. The summed E-state index contributed by atoms with van der Waals surface area (Å²) < 4.78 is 2.36. The molecule has 0 aliphatic heterocycles. The van der Waals surface area contributed by atoms with Gasteiger partial charge in [0, 0.05) is 41.5 Å². The van der Waals surface area contributed by atoms with Crippen LogP contribution in [0.4, 0.5) is 5.69 Å². The molecule has 0 bridgehead atoms. The topological polar surface area (TPSA) is 6.25 Å². The predicted octanol–water partition coefficient (Wildman–Crippen LogP) is 6.61. The minimum Gasteiger partial charge on any atom is -0.372 e. The van der Waals surface area contributed by atoms with Gasteiger partial charge in [0.1, 0.15) is 13.1 Å². The van der Waals surface area contributed by atoms with Crippen LogP contribution < -0.4 is 4.90 Å². The molecule has 2 nitrogen and oxygen atoms in total. The average Bonchev–Trinajstić information content (AvgIpc) is 2.79. The molecule has 3 rings (SSSR count). The monoisotopic (exact) mass is 419 g/mol. The molecule has 0 radical (unpaired) electrons. The lowest BCUT2D eigenvalue weighted by Gasteiger charge is -2.22. The van der Waals surface area contributed by atoms with Crippen molar-refractivity contribution in [2.75, 3.05) is 31.1 Å². The lowest BCUT2D eigenvalue weighted by Crippen LogP contribution is -2.21. The van der Waals surface area contributed by atoms with E-state index in [4.69, 9.17) is 11.6 Å². The first-order chi connectivity index (χ1) is 14.6. The van der Waals surface area contributed by atoms with Gasteiger partial charge in [-0.3, -0.25) is 0 Å². The van der Waals surface area contributed by atoms with E-state index in [0.29, 0.717) is 0 Å². The molecule has 0 N–H and O–H groups in total. The Morgan fingerprint density at radius 1 is 0.800 bits per heavy atom. The second kappa shape index (κ2) is 10.4. The Bertz CT molecular complexity index is 966. The number of anilines is 1. The second-order valence-corrected chi connectivity index (χ2v) is 7.70. The zero-order chi connectivity index (χ0) is 21.5. The van der Waals surface area contributed by atoms with Crippen molar-refractivity contribution in [3.8, 4) is 0 Å². The van der Waals surface area contributed by atoms with Gasteiger partial charge in [0.25, 0.3) is 0 Å². The summed E-state index contributed by atoms with van der Waals surface area (Å²) in [5, 5.41) is 0.771. The summed E-state index contributed by atoms with van der Waals surface area (Å²) in [6.45, 7) is 12.8. The van der Waals surface area contributed by atoms with E-state index in [-0.39, 0.29) is 0 Å². The SMILES string of the molecule is CCN(CC)c1ccc(C(=C2C=CC(=[N+](CC)CC)C=C2)c2ccccc2Cl)cc1. The largest absolute Gasteiger partial charge is 0.372 e. The van der Waals surface area contributed by atoms with Crippen molar-refractivity contribution >= 4 is 28.6 Å². The molecule has 0 heterocycles. The van der Waals surface area contributed by atoms with Gasteiger partial charge in [0.15, 0.2) is 5.71 Å². The molecule has 0 unspecified atom stereocenters. The van der Waals surface area contributed by atoms with Gasteiger partial charge in [0.2, 0.25) is 0 Å². The molecular weight excluding hydrogens is 388 g/mol. The van der Waals surface area contributed by atoms with Crippen molar-refractivity contribution in [2.45, 2.75) is 27.7 Å². The van der Waals surface area contributed by atoms with Crippen molar-refractivity contribution in [3.05, 3.63) is 94.6 Å². The predicted molar refractivity (Wildman–Crippen MR) is 132 cm³/mol. The van der Waals surface area contributed by atoms with Crippen LogP contribution in [-0.2, 0) is 0 Å². The maximum atomic E-state index is 6.63. The Hall–Kier alpha value is -2.58. The molecule has 1 aliphatic carbocycles. The summed E-state index contributed by atoms with van der Waals surface area (Å²) in [6, 6.07) is 17.0. The van der Waals surface area contributed by atoms with Crippen LogP contribution in [0.3, 0.4) is 0 Å². The van der Waals surface area contributed by atoms with Gasteiger partial charge in [-0.1, -0.05) is 41.9 Å². The standard InChI is InChI=1S/C27H32ClN2/c1-5-29(6-2)23-17-13-21(14-18-23)27(25-11-9-10-12-26(25)28)22-15-19-24(20-16-22)30(7-3)8-4/h9-20H,5-8H2,1-4H3/q+1. The van der Waals surface area contributed by atoms with Crippen LogP contribution in [0, 0.1) is 0 Å². The van der Waals surface area contributed by atoms with E-state index in [1.165, 1.54) is 22.5 Å². The molecule has 0 amide bonds. The molecule has 0 atom stereocenters. The lowest BCUT2D eigenvalue weighted by molar-refractivity contribution is -0.519. The molecule has 0 spiro atoms. The molecule has 0 saturated heterocycles. The number of allylic oxidation sites excluding steroid dienone is 5. The zero-order valence-corrected chi connectivity index (χ0v) is 19.3. The van der Waals surface area contributed by atoms with E-state index < -0.39 is 0 Å². The number of nitrogens with zero attached hydrogens (tertiary/aromatic N) is 2. The van der Waals surface area contributed by atoms with E-state index in [0.717, 1.165) is 42.3 Å². The Kier molecular flexibility index (Phi) is 7.70. The van der Waals surface area contributed by atoms with Gasteiger partial charge in [0.05, 0.1) is 0 Å². The molecule has 0 saturated carbocycles. The highest BCUT2D eigenvalue weighted by atomic mass is 35.5. The van der Waals surface area contributed by atoms with E-state index in [1.54, 1.807) is 0 Å². The summed E-state index contributed by atoms with van der Waals surface area (Å²) >= 11 is 6.63. The highest BCUT2D eigenvalue weighted by Gasteiger charge is 2.16. The van der Waals surface area contributed by atoms with Crippen molar-refractivity contribution in [1.82, 2.24) is 0 Å². The molecule has 2 aromatic rings. The van der Waals surface area contributed by atoms with Crippen LogP contribution in [0.25, 0.3) is 5.57 Å². The summed E-state index contributed by atoms with van der Waals surface area (Å²) in [6.07, 6.45) is 8.85. The Labute approximate surface area is 186 Å². The molecule has 3 heteroatoms. The van der Waals surface area contributed by atoms with Crippen molar-refractivity contribution in [1.29, 1.82) is 0 Å². The first-order valence-electron chi connectivity index (χ1n) is 10.9. The van der Waals surface area contributed by atoms with Gasteiger partial charge >= 0.3 is 0 Å². The number of hydrogen-bond acceptors (Lipinski definition) is 1. The number of benzene rings is 2. The van der Waals surface area contributed by atoms with Gasteiger partial charge in [-0.05, 0) is 74.8 Å². The third-order valence-corrected chi connectivity index (χ3v) is 6.04. The van der Waals surface area contributed by atoms with Gasteiger partial charge in [-0.2, -0.15) is 0 Å². The van der Waals surface area contributed by atoms with Crippen molar-refractivity contribution in [3.63, 3.8) is 0 Å². The van der Waals surface area contributed by atoms with Gasteiger partial charge in [-0.25, -0.2) is 4.58 Å². The van der Waals surface area contributed by atoms with Gasteiger partial charge < -0.3 is 4.90 Å². The fourth-order valence-electron chi connectivity index (χ4n) is 4.00. The molecule has 1 aliphatic rings. The van der Waals surface area contributed by atoms with Crippen molar-refractivity contribution < 1.29 is 4.58 Å². The second-order valence-electron chi connectivity index (χ2n) is 7.29. The van der Waals surface area contributed by atoms with Crippen LogP contribution in [0.5, 0.6) is 0 Å². The lowest BCUT2D eigenvalue weighted by atomic mass is 9.90. The van der Waals surface area contributed by atoms with E-state index in [1.807, 2.05) is 12.1 Å². The summed E-state index contributed by atoms with van der Waals surface area (Å²) in [5.41, 5.74) is 7.07. The van der Waals surface area contributed by atoms with Crippen molar-refractivity contribution in [2.24, 2.45) is 0 Å². The number of hydrogen-bond donors (Lipinski definition) is 0. The van der Waals surface area contributed by atoms with Crippen LogP contribution in [-0.4, -0.2) is 36.5 Å². The number of rotatable bonds is 7. The smallest absolute Gasteiger partial charge is 0.199 e. The quantitative estimate of drug-likeness (QED) is 0.458. The van der Waals surface area contributed by atoms with Gasteiger partial charge in [-0.15, -0.1) is 0 Å². The Morgan fingerprint density at radius 3 is 1.93 bits per heavy atom. The molecule has 0 fully saturated rings. The van der Waals surface area contributed by atoms with E-state index >= 15 is 0 Å². The maximum absolute atomic E-state index is 6.63. The van der Waals surface area contributed by atoms with E-state index in [2.05, 4.69) is 97.9 Å². The fraction of sp³-hybridized carbons (Fsp3) is 0.296. The fourth-order valence-corrected chi connectivity index (χ4v) is 4.23. The summed E-state index contributed by atoms with van der Waals surface area (Å²) in [5.74, 6) is 0. The molecule has 0 aromatic heterocycles. The molecule has 2 aromatic carbocycles. The van der Waals surface area contributed by atoms with Crippen LogP contribution >= 0.6 is 11.6 Å². The molecule has 30 heavy (non-hydrogen) atoms.